The van der Waals surface area contributed by atoms with Gasteiger partial charge >= 0.3 is 0 Å². The standard InChI is InChI=1S/C12H13N3O2/c16-8-10-6-15(14-13-10)7-11-5-9-3-1-2-4-12(9)17-11/h1-4,6,11,16H,5,7-8H2. The Kier molecular flexibility index (Phi) is 2.53. The van der Waals surface area contributed by atoms with E-state index in [0.29, 0.717) is 12.2 Å². The fourth-order valence-corrected chi connectivity index (χ4v) is 2.06. The summed E-state index contributed by atoms with van der Waals surface area (Å²) in [6, 6.07) is 8.05. The Balaban J connectivity index is 1.69. The van der Waals surface area contributed by atoms with E-state index in [1.165, 1.54) is 5.56 Å². The van der Waals surface area contributed by atoms with Crippen LogP contribution >= 0.6 is 0 Å². The number of nitrogens with zero attached hydrogens (tertiary/aromatic N) is 3. The third-order valence-electron chi connectivity index (χ3n) is 2.85. The molecule has 17 heavy (non-hydrogen) atoms. The van der Waals surface area contributed by atoms with Crippen LogP contribution in [0.2, 0.25) is 0 Å². The second-order valence-electron chi connectivity index (χ2n) is 4.14. The number of rotatable bonds is 3. The predicted molar refractivity (Wildman–Crippen MR) is 60.5 cm³/mol. The molecule has 5 nitrogen and oxygen atoms in total. The van der Waals surface area contributed by atoms with Crippen LogP contribution in [0.25, 0.3) is 0 Å². The maximum atomic E-state index is 8.91. The lowest BCUT2D eigenvalue weighted by atomic mass is 10.1. The summed E-state index contributed by atoms with van der Waals surface area (Å²) in [5, 5.41) is 16.7. The van der Waals surface area contributed by atoms with Gasteiger partial charge in [-0.3, -0.25) is 0 Å². The van der Waals surface area contributed by atoms with E-state index in [1.807, 2.05) is 18.2 Å². The van der Waals surface area contributed by atoms with Crippen molar-refractivity contribution in [3.63, 3.8) is 0 Å². The lowest BCUT2D eigenvalue weighted by Gasteiger charge is -2.09. The Labute approximate surface area is 98.6 Å². The zero-order valence-corrected chi connectivity index (χ0v) is 9.28. The van der Waals surface area contributed by atoms with Crippen LogP contribution in [0.4, 0.5) is 0 Å². The highest BCUT2D eigenvalue weighted by Gasteiger charge is 2.22. The van der Waals surface area contributed by atoms with Gasteiger partial charge in [0.2, 0.25) is 0 Å². The minimum Gasteiger partial charge on any atom is -0.488 e. The molecule has 5 heteroatoms. The maximum absolute atomic E-state index is 8.91. The fraction of sp³-hybridized carbons (Fsp3) is 0.333. The molecule has 1 aromatic carbocycles. The first-order valence-corrected chi connectivity index (χ1v) is 5.59. The van der Waals surface area contributed by atoms with Gasteiger partial charge in [0.15, 0.2) is 0 Å². The van der Waals surface area contributed by atoms with Crippen molar-refractivity contribution < 1.29 is 9.84 Å². The maximum Gasteiger partial charge on any atom is 0.123 e. The van der Waals surface area contributed by atoms with Gasteiger partial charge in [-0.2, -0.15) is 0 Å². The first-order valence-electron chi connectivity index (χ1n) is 5.59. The smallest absolute Gasteiger partial charge is 0.123 e. The SMILES string of the molecule is OCc1cn(CC2Cc3ccccc3O2)nn1. The molecular weight excluding hydrogens is 218 g/mol. The summed E-state index contributed by atoms with van der Waals surface area (Å²) in [5.41, 5.74) is 1.82. The molecule has 1 aromatic heterocycles. The topological polar surface area (TPSA) is 60.2 Å². The molecular formula is C12H13N3O2. The molecule has 1 aliphatic rings. The van der Waals surface area contributed by atoms with Gasteiger partial charge in [0.05, 0.1) is 19.3 Å². The number of fused-ring (bicyclic) bond motifs is 1. The molecule has 0 bridgehead atoms. The first-order chi connectivity index (χ1) is 8.35. The van der Waals surface area contributed by atoms with Gasteiger partial charge in [-0.15, -0.1) is 5.10 Å². The van der Waals surface area contributed by atoms with Crippen LogP contribution in [0.3, 0.4) is 0 Å². The summed E-state index contributed by atoms with van der Waals surface area (Å²) >= 11 is 0. The average Bonchev–Trinajstić information content (AvgIpc) is 2.94. The summed E-state index contributed by atoms with van der Waals surface area (Å²) in [5.74, 6) is 0.958. The number of benzene rings is 1. The number of hydrogen-bond acceptors (Lipinski definition) is 4. The summed E-state index contributed by atoms with van der Waals surface area (Å²) < 4.78 is 7.51. The molecule has 0 saturated carbocycles. The van der Waals surface area contributed by atoms with Crippen molar-refractivity contribution in [1.82, 2.24) is 15.0 Å². The van der Waals surface area contributed by atoms with Gasteiger partial charge in [0, 0.05) is 6.42 Å². The molecule has 1 aliphatic heterocycles. The molecule has 1 unspecified atom stereocenters. The molecule has 1 N–H and O–H groups in total. The second kappa shape index (κ2) is 4.18. The van der Waals surface area contributed by atoms with Crippen molar-refractivity contribution in [2.75, 3.05) is 0 Å². The highest BCUT2D eigenvalue weighted by atomic mass is 16.5. The van der Waals surface area contributed by atoms with Crippen LogP contribution in [0.5, 0.6) is 5.75 Å². The third-order valence-corrected chi connectivity index (χ3v) is 2.85. The van der Waals surface area contributed by atoms with Crippen molar-refractivity contribution in [3.05, 3.63) is 41.7 Å². The van der Waals surface area contributed by atoms with E-state index in [-0.39, 0.29) is 12.7 Å². The number of hydrogen-bond donors (Lipinski definition) is 1. The molecule has 1 atom stereocenters. The summed E-state index contributed by atoms with van der Waals surface area (Å²) in [7, 11) is 0. The van der Waals surface area contributed by atoms with E-state index in [4.69, 9.17) is 9.84 Å². The molecule has 2 aromatic rings. The quantitative estimate of drug-likeness (QED) is 0.847. The Bertz CT molecular complexity index is 499. The normalized spacial score (nSPS) is 17.8. The Hall–Kier alpha value is -1.88. The lowest BCUT2D eigenvalue weighted by molar-refractivity contribution is 0.202. The molecule has 0 saturated heterocycles. The van der Waals surface area contributed by atoms with Crippen LogP contribution in [-0.2, 0) is 19.6 Å². The van der Waals surface area contributed by atoms with Crippen molar-refractivity contribution in [1.29, 1.82) is 0 Å². The highest BCUT2D eigenvalue weighted by molar-refractivity contribution is 5.37. The number of aliphatic hydroxyl groups is 1. The zero-order valence-electron chi connectivity index (χ0n) is 9.28. The third kappa shape index (κ3) is 2.01. The second-order valence-corrected chi connectivity index (χ2v) is 4.14. The Morgan fingerprint density at radius 3 is 3.06 bits per heavy atom. The average molecular weight is 231 g/mol. The van der Waals surface area contributed by atoms with Crippen LogP contribution < -0.4 is 4.74 Å². The lowest BCUT2D eigenvalue weighted by Crippen LogP contribution is -2.21. The van der Waals surface area contributed by atoms with Gasteiger partial charge in [0.25, 0.3) is 0 Å². The summed E-state index contributed by atoms with van der Waals surface area (Å²) in [6.07, 6.45) is 2.73. The monoisotopic (exact) mass is 231 g/mol. The minimum absolute atomic E-state index is 0.0776. The van der Waals surface area contributed by atoms with E-state index in [9.17, 15) is 0 Å². The minimum atomic E-state index is -0.0776. The van der Waals surface area contributed by atoms with E-state index in [2.05, 4.69) is 16.4 Å². The van der Waals surface area contributed by atoms with Gasteiger partial charge in [-0.05, 0) is 11.6 Å². The largest absolute Gasteiger partial charge is 0.488 e. The molecule has 88 valence electrons. The number of aliphatic hydroxyl groups excluding tert-OH is 1. The van der Waals surface area contributed by atoms with Crippen LogP contribution in [0.15, 0.2) is 30.5 Å². The summed E-state index contributed by atoms with van der Waals surface area (Å²) in [6.45, 7) is 0.577. The molecule has 0 radical (unpaired) electrons. The van der Waals surface area contributed by atoms with Gasteiger partial charge in [-0.1, -0.05) is 23.4 Å². The Morgan fingerprint density at radius 1 is 1.41 bits per heavy atom. The van der Waals surface area contributed by atoms with E-state index < -0.39 is 0 Å². The van der Waals surface area contributed by atoms with Gasteiger partial charge in [0.1, 0.15) is 17.5 Å². The molecule has 0 aliphatic carbocycles. The van der Waals surface area contributed by atoms with Crippen molar-refractivity contribution in [3.8, 4) is 5.75 Å². The Morgan fingerprint density at radius 2 is 2.29 bits per heavy atom. The zero-order chi connectivity index (χ0) is 11.7. The van der Waals surface area contributed by atoms with Crippen LogP contribution in [-0.4, -0.2) is 26.2 Å². The molecule has 3 rings (SSSR count). The van der Waals surface area contributed by atoms with Crippen molar-refractivity contribution in [2.24, 2.45) is 0 Å². The molecule has 2 heterocycles. The summed E-state index contributed by atoms with van der Waals surface area (Å²) in [4.78, 5) is 0. The van der Waals surface area contributed by atoms with Crippen molar-refractivity contribution >= 4 is 0 Å². The van der Waals surface area contributed by atoms with Gasteiger partial charge < -0.3 is 9.84 Å². The first kappa shape index (κ1) is 10.3. The van der Waals surface area contributed by atoms with Crippen LogP contribution in [0.1, 0.15) is 11.3 Å². The number of para-hydroxylation sites is 1. The van der Waals surface area contributed by atoms with E-state index in [0.717, 1.165) is 12.2 Å². The van der Waals surface area contributed by atoms with Crippen molar-refractivity contribution in [2.45, 2.75) is 25.7 Å². The number of aromatic nitrogens is 3. The van der Waals surface area contributed by atoms with E-state index >= 15 is 0 Å². The molecule has 0 spiro atoms. The van der Waals surface area contributed by atoms with Gasteiger partial charge in [-0.25, -0.2) is 4.68 Å². The highest BCUT2D eigenvalue weighted by Crippen LogP contribution is 2.28. The van der Waals surface area contributed by atoms with E-state index in [1.54, 1.807) is 10.9 Å². The molecule has 0 amide bonds. The molecule has 0 fully saturated rings. The van der Waals surface area contributed by atoms with Crippen LogP contribution in [0, 0.1) is 0 Å². The predicted octanol–water partition coefficient (Wildman–Crippen LogP) is 0.774. The number of ether oxygens (including phenoxy) is 1. The fourth-order valence-electron chi connectivity index (χ4n) is 2.06.